The Morgan fingerprint density at radius 3 is 2.72 bits per heavy atom. The summed E-state index contributed by atoms with van der Waals surface area (Å²) in [6, 6.07) is 15.7. The highest BCUT2D eigenvalue weighted by Gasteiger charge is 2.36. The first kappa shape index (κ1) is 17.9. The molecule has 2 nitrogen and oxygen atoms in total. The molecule has 144 valence electrons. The van der Waals surface area contributed by atoms with Gasteiger partial charge in [0.2, 0.25) is 0 Å². The lowest BCUT2D eigenvalue weighted by Crippen LogP contribution is -2.14. The van der Waals surface area contributed by atoms with Crippen LogP contribution in [0.5, 0.6) is 0 Å². The minimum Gasteiger partial charge on any atom is -0.320 e. The van der Waals surface area contributed by atoms with E-state index in [1.165, 1.54) is 44.4 Å². The highest BCUT2D eigenvalue weighted by Crippen LogP contribution is 2.51. The number of benzene rings is 2. The Balaban J connectivity index is 1.73. The third-order valence-electron chi connectivity index (χ3n) is 6.65. The molecule has 1 atom stereocenters. The maximum absolute atomic E-state index is 4.15. The summed E-state index contributed by atoms with van der Waals surface area (Å²) in [5, 5.41) is 1.33. The van der Waals surface area contributed by atoms with E-state index in [-0.39, 0.29) is 11.3 Å². The second-order valence-corrected chi connectivity index (χ2v) is 8.57. The molecule has 0 aliphatic heterocycles. The standard InChI is InChI=1S/C27H26N2/c1-18(20-10-6-5-9-19(20)17-28-4)29-16-15-22-25(29)14-13-24-26(22)21-11-7-8-12-23(21)27(24,2)3/h5-16,19H,4,17H2,1-3H3/b20-18+. The molecule has 3 aromatic rings. The van der Waals surface area contributed by atoms with Crippen LogP contribution in [0.2, 0.25) is 0 Å². The first-order valence-corrected chi connectivity index (χ1v) is 10.3. The predicted molar refractivity (Wildman–Crippen MR) is 125 cm³/mol. The van der Waals surface area contributed by atoms with E-state index in [4.69, 9.17) is 0 Å². The molecule has 0 N–H and O–H groups in total. The zero-order chi connectivity index (χ0) is 20.2. The van der Waals surface area contributed by atoms with Crippen molar-refractivity contribution in [2.24, 2.45) is 10.9 Å². The van der Waals surface area contributed by atoms with Gasteiger partial charge in [-0.25, -0.2) is 0 Å². The van der Waals surface area contributed by atoms with Gasteiger partial charge in [-0.15, -0.1) is 0 Å². The van der Waals surface area contributed by atoms with Crippen LogP contribution in [0.15, 0.2) is 83.5 Å². The van der Waals surface area contributed by atoms with E-state index in [0.717, 1.165) is 0 Å². The number of hydrogen-bond donors (Lipinski definition) is 0. The zero-order valence-corrected chi connectivity index (χ0v) is 17.3. The van der Waals surface area contributed by atoms with Gasteiger partial charge in [0.1, 0.15) is 0 Å². The summed E-state index contributed by atoms with van der Waals surface area (Å²) >= 11 is 0. The summed E-state index contributed by atoms with van der Waals surface area (Å²) in [6.45, 7) is 11.3. The van der Waals surface area contributed by atoms with E-state index >= 15 is 0 Å². The molecule has 1 heterocycles. The topological polar surface area (TPSA) is 17.3 Å². The van der Waals surface area contributed by atoms with E-state index in [2.05, 4.69) is 110 Å². The lowest BCUT2D eigenvalue weighted by Gasteiger charge is -2.22. The van der Waals surface area contributed by atoms with E-state index in [9.17, 15) is 0 Å². The normalized spacial score (nSPS) is 20.6. The summed E-state index contributed by atoms with van der Waals surface area (Å²) in [7, 11) is 0. The summed E-state index contributed by atoms with van der Waals surface area (Å²) in [4.78, 5) is 4.15. The van der Waals surface area contributed by atoms with Crippen LogP contribution in [0, 0.1) is 5.92 Å². The smallest absolute Gasteiger partial charge is 0.0531 e. The Morgan fingerprint density at radius 2 is 1.90 bits per heavy atom. The molecular formula is C27H26N2. The first-order chi connectivity index (χ1) is 14.0. The second-order valence-electron chi connectivity index (χ2n) is 8.57. The summed E-state index contributed by atoms with van der Waals surface area (Å²) < 4.78 is 2.33. The average Bonchev–Trinajstić information content (AvgIpc) is 3.26. The molecule has 0 spiro atoms. The van der Waals surface area contributed by atoms with Crippen LogP contribution < -0.4 is 0 Å². The minimum absolute atomic E-state index is 0.0351. The van der Waals surface area contributed by atoms with Gasteiger partial charge in [-0.2, -0.15) is 0 Å². The van der Waals surface area contributed by atoms with Crippen molar-refractivity contribution >= 4 is 23.3 Å². The van der Waals surface area contributed by atoms with E-state index in [1.54, 1.807) is 0 Å². The van der Waals surface area contributed by atoms with Gasteiger partial charge < -0.3 is 4.57 Å². The van der Waals surface area contributed by atoms with Gasteiger partial charge in [-0.3, -0.25) is 4.99 Å². The first-order valence-electron chi connectivity index (χ1n) is 10.3. The molecule has 0 radical (unpaired) electrons. The van der Waals surface area contributed by atoms with Crippen molar-refractivity contribution in [3.63, 3.8) is 0 Å². The number of nitrogens with zero attached hydrogens (tertiary/aromatic N) is 2. The number of rotatable bonds is 3. The van der Waals surface area contributed by atoms with Crippen molar-refractivity contribution in [1.82, 2.24) is 4.57 Å². The van der Waals surface area contributed by atoms with Gasteiger partial charge in [0, 0.05) is 35.2 Å². The van der Waals surface area contributed by atoms with Crippen LogP contribution in [0.3, 0.4) is 0 Å². The maximum Gasteiger partial charge on any atom is 0.0531 e. The predicted octanol–water partition coefficient (Wildman–Crippen LogP) is 6.62. The minimum atomic E-state index is 0.0351. The third kappa shape index (κ3) is 2.52. The Hall–Kier alpha value is -3.13. The Bertz CT molecular complexity index is 1230. The van der Waals surface area contributed by atoms with Crippen molar-refractivity contribution in [3.05, 3.63) is 89.7 Å². The van der Waals surface area contributed by atoms with Crippen molar-refractivity contribution in [3.8, 4) is 11.1 Å². The monoisotopic (exact) mass is 378 g/mol. The van der Waals surface area contributed by atoms with Crippen LogP contribution in [-0.4, -0.2) is 17.8 Å². The van der Waals surface area contributed by atoms with Gasteiger partial charge >= 0.3 is 0 Å². The molecule has 0 saturated carbocycles. The molecule has 0 bridgehead atoms. The number of fused-ring (bicyclic) bond motifs is 5. The lowest BCUT2D eigenvalue weighted by atomic mass is 9.82. The van der Waals surface area contributed by atoms with Crippen LogP contribution in [0.25, 0.3) is 27.7 Å². The third-order valence-corrected chi connectivity index (χ3v) is 6.65. The zero-order valence-electron chi connectivity index (χ0n) is 17.3. The molecule has 2 aliphatic rings. The van der Waals surface area contributed by atoms with Gasteiger partial charge in [-0.1, -0.05) is 68.5 Å². The van der Waals surface area contributed by atoms with Crippen molar-refractivity contribution in [2.45, 2.75) is 26.2 Å². The number of aliphatic imine (C=N–C) groups is 1. The Labute approximate surface area is 172 Å². The maximum atomic E-state index is 4.15. The van der Waals surface area contributed by atoms with Gasteiger partial charge in [-0.05, 0) is 53.6 Å². The fourth-order valence-corrected chi connectivity index (χ4v) is 5.12. The summed E-state index contributed by atoms with van der Waals surface area (Å²) in [6.07, 6.45) is 10.9. The molecule has 2 aliphatic carbocycles. The van der Waals surface area contributed by atoms with Crippen LogP contribution in [-0.2, 0) is 5.41 Å². The molecule has 1 unspecified atom stereocenters. The molecule has 2 aromatic carbocycles. The Kier molecular flexibility index (Phi) is 3.99. The van der Waals surface area contributed by atoms with Crippen LogP contribution in [0.1, 0.15) is 31.9 Å². The van der Waals surface area contributed by atoms with E-state index < -0.39 is 0 Å². The molecule has 29 heavy (non-hydrogen) atoms. The molecule has 1 aromatic heterocycles. The van der Waals surface area contributed by atoms with E-state index in [1.807, 2.05) is 0 Å². The van der Waals surface area contributed by atoms with Gasteiger partial charge in [0.15, 0.2) is 0 Å². The quantitative estimate of drug-likeness (QED) is 0.456. The molecular weight excluding hydrogens is 352 g/mol. The number of aromatic nitrogens is 1. The fraction of sp³-hybridized carbons (Fsp3) is 0.222. The highest BCUT2D eigenvalue weighted by molar-refractivity contribution is 6.02. The summed E-state index contributed by atoms with van der Waals surface area (Å²) in [5.41, 5.74) is 9.45. The number of hydrogen-bond acceptors (Lipinski definition) is 1. The molecule has 5 rings (SSSR count). The number of allylic oxidation sites excluding steroid dienone is 4. The van der Waals surface area contributed by atoms with Crippen LogP contribution >= 0.6 is 0 Å². The van der Waals surface area contributed by atoms with Crippen molar-refractivity contribution < 1.29 is 0 Å². The summed E-state index contributed by atoms with van der Waals surface area (Å²) in [5.74, 6) is 0.282. The van der Waals surface area contributed by atoms with E-state index in [0.29, 0.717) is 6.54 Å². The Morgan fingerprint density at radius 1 is 1.07 bits per heavy atom. The van der Waals surface area contributed by atoms with Gasteiger partial charge in [0.05, 0.1) is 5.52 Å². The molecule has 0 amide bonds. The van der Waals surface area contributed by atoms with Crippen LogP contribution in [0.4, 0.5) is 0 Å². The molecule has 0 saturated heterocycles. The second kappa shape index (κ2) is 6.45. The van der Waals surface area contributed by atoms with Gasteiger partial charge in [0.25, 0.3) is 0 Å². The van der Waals surface area contributed by atoms with Crippen molar-refractivity contribution in [1.29, 1.82) is 0 Å². The fourth-order valence-electron chi connectivity index (χ4n) is 5.12. The largest absolute Gasteiger partial charge is 0.320 e. The SMILES string of the molecule is C=NCC1C=CC=C/C1=C(/C)n1ccc2c3c(ccc21)C(C)(C)c1ccccc1-3. The average molecular weight is 379 g/mol. The van der Waals surface area contributed by atoms with Crippen molar-refractivity contribution in [2.75, 3.05) is 6.54 Å². The highest BCUT2D eigenvalue weighted by atomic mass is 15.0. The molecule has 0 fully saturated rings. The molecule has 2 heteroatoms. The lowest BCUT2D eigenvalue weighted by molar-refractivity contribution is 0.661.